The lowest BCUT2D eigenvalue weighted by Gasteiger charge is -2.19. The molecule has 1 unspecified atom stereocenters. The number of carbonyl (C=O) groups is 1. The molecule has 1 atom stereocenters. The molecule has 3 heteroatoms. The second-order valence-corrected chi connectivity index (χ2v) is 5.98. The van der Waals surface area contributed by atoms with Crippen molar-refractivity contribution in [1.82, 2.24) is 0 Å². The highest BCUT2D eigenvalue weighted by Crippen LogP contribution is 2.27. The third-order valence-electron chi connectivity index (χ3n) is 3.24. The van der Waals surface area contributed by atoms with E-state index in [1.807, 2.05) is 24.3 Å². The maximum atomic E-state index is 13.9. The van der Waals surface area contributed by atoms with Crippen molar-refractivity contribution >= 4 is 5.97 Å². The van der Waals surface area contributed by atoms with E-state index in [2.05, 4.69) is 20.8 Å². The predicted molar refractivity (Wildman–Crippen MR) is 75.1 cm³/mol. The molecule has 0 radical (unpaired) electrons. The molecule has 0 amide bonds. The zero-order valence-electron chi connectivity index (χ0n) is 11.9. The Kier molecular flexibility index (Phi) is 5.52. The molecule has 1 aromatic carbocycles. The first-order chi connectivity index (χ1) is 8.80. The largest absolute Gasteiger partial charge is 0.481 e. The maximum Gasteiger partial charge on any atom is 0.303 e. The van der Waals surface area contributed by atoms with Gasteiger partial charge in [0.25, 0.3) is 0 Å². The molecule has 2 nitrogen and oxygen atoms in total. The van der Waals surface area contributed by atoms with Crippen LogP contribution in [0.3, 0.4) is 0 Å². The number of halogens is 1. The predicted octanol–water partition coefficient (Wildman–Crippen LogP) is 4.64. The van der Waals surface area contributed by atoms with Crippen LogP contribution >= 0.6 is 0 Å². The summed E-state index contributed by atoms with van der Waals surface area (Å²) in [6.45, 7) is 6.38. The van der Waals surface area contributed by atoms with Crippen LogP contribution in [-0.4, -0.2) is 11.1 Å². The molecule has 1 aromatic rings. The van der Waals surface area contributed by atoms with E-state index in [0.29, 0.717) is 24.8 Å². The lowest BCUT2D eigenvalue weighted by Crippen LogP contribution is -2.10. The average Bonchev–Trinajstić information content (AvgIpc) is 2.33. The molecule has 1 rings (SSSR count). The molecule has 106 valence electrons. The highest BCUT2D eigenvalue weighted by molar-refractivity contribution is 5.66. The van der Waals surface area contributed by atoms with Crippen LogP contribution in [0.15, 0.2) is 24.3 Å². The van der Waals surface area contributed by atoms with Crippen molar-refractivity contribution in [1.29, 1.82) is 0 Å². The summed E-state index contributed by atoms with van der Waals surface area (Å²) in [5, 5.41) is 8.51. The molecule has 1 N–H and O–H groups in total. The van der Waals surface area contributed by atoms with Crippen LogP contribution < -0.4 is 0 Å². The van der Waals surface area contributed by atoms with Crippen molar-refractivity contribution in [3.05, 3.63) is 35.4 Å². The van der Waals surface area contributed by atoms with E-state index < -0.39 is 12.1 Å². The first-order valence-corrected chi connectivity index (χ1v) is 6.77. The standard InChI is InChI=1S/C16H23FO2/c1-16(2,3)13-10-8-12(9-11-13)14(17)6-4-5-7-15(18)19/h8-11,14H,4-7H2,1-3H3,(H,18,19). The molecule has 19 heavy (non-hydrogen) atoms. The molecule has 0 saturated heterocycles. The summed E-state index contributed by atoms with van der Waals surface area (Å²) in [5.74, 6) is -0.815. The van der Waals surface area contributed by atoms with E-state index in [9.17, 15) is 9.18 Å². The van der Waals surface area contributed by atoms with Gasteiger partial charge in [-0.05, 0) is 35.8 Å². The third kappa shape index (κ3) is 5.41. The van der Waals surface area contributed by atoms with Crippen molar-refractivity contribution in [2.24, 2.45) is 0 Å². The number of carboxylic acids is 1. The molecule has 0 saturated carbocycles. The zero-order valence-corrected chi connectivity index (χ0v) is 11.9. The van der Waals surface area contributed by atoms with Gasteiger partial charge in [0.1, 0.15) is 6.17 Å². The van der Waals surface area contributed by atoms with Crippen molar-refractivity contribution in [3.63, 3.8) is 0 Å². The van der Waals surface area contributed by atoms with Gasteiger partial charge in [-0.2, -0.15) is 0 Å². The highest BCUT2D eigenvalue weighted by Gasteiger charge is 2.15. The van der Waals surface area contributed by atoms with E-state index in [0.717, 1.165) is 0 Å². The van der Waals surface area contributed by atoms with Gasteiger partial charge in [-0.15, -0.1) is 0 Å². The van der Waals surface area contributed by atoms with Gasteiger partial charge in [-0.25, -0.2) is 4.39 Å². The Balaban J connectivity index is 2.49. The molecule has 0 bridgehead atoms. The maximum absolute atomic E-state index is 13.9. The molecular formula is C16H23FO2. The lowest BCUT2D eigenvalue weighted by molar-refractivity contribution is -0.137. The van der Waals surface area contributed by atoms with E-state index >= 15 is 0 Å². The van der Waals surface area contributed by atoms with Gasteiger partial charge in [0.05, 0.1) is 0 Å². The third-order valence-corrected chi connectivity index (χ3v) is 3.24. The van der Waals surface area contributed by atoms with Crippen molar-refractivity contribution in [2.45, 2.75) is 58.0 Å². The van der Waals surface area contributed by atoms with Crippen LogP contribution in [0.25, 0.3) is 0 Å². The molecule has 0 aromatic heterocycles. The second-order valence-electron chi connectivity index (χ2n) is 5.98. The fraction of sp³-hybridized carbons (Fsp3) is 0.562. The SMILES string of the molecule is CC(C)(C)c1ccc(C(F)CCCCC(=O)O)cc1. The number of rotatable bonds is 6. The van der Waals surface area contributed by atoms with E-state index in [1.165, 1.54) is 5.56 Å². The fourth-order valence-electron chi connectivity index (χ4n) is 1.96. The molecule has 0 heterocycles. The van der Waals surface area contributed by atoms with E-state index in [1.54, 1.807) is 0 Å². The van der Waals surface area contributed by atoms with Gasteiger partial charge in [0, 0.05) is 6.42 Å². The molecular weight excluding hydrogens is 243 g/mol. The van der Waals surface area contributed by atoms with Crippen LogP contribution in [0, 0.1) is 0 Å². The number of carboxylic acid groups (broad SMARTS) is 1. The summed E-state index contributed by atoms with van der Waals surface area (Å²) in [6.07, 6.45) is 0.658. The average molecular weight is 266 g/mol. The topological polar surface area (TPSA) is 37.3 Å². The Morgan fingerprint density at radius 3 is 2.26 bits per heavy atom. The van der Waals surface area contributed by atoms with Crippen molar-refractivity contribution in [3.8, 4) is 0 Å². The lowest BCUT2D eigenvalue weighted by atomic mass is 9.86. The molecule has 0 aliphatic rings. The number of unbranched alkanes of at least 4 members (excludes halogenated alkanes) is 1. The van der Waals surface area contributed by atoms with Crippen LogP contribution in [0.5, 0.6) is 0 Å². The Bertz CT molecular complexity index is 404. The van der Waals surface area contributed by atoms with Gasteiger partial charge in [-0.1, -0.05) is 45.0 Å². The summed E-state index contributed by atoms with van der Waals surface area (Å²) >= 11 is 0. The Morgan fingerprint density at radius 1 is 1.21 bits per heavy atom. The molecule has 0 spiro atoms. The zero-order chi connectivity index (χ0) is 14.5. The summed E-state index contributed by atoms with van der Waals surface area (Å²) in [7, 11) is 0. The van der Waals surface area contributed by atoms with Crippen molar-refractivity contribution < 1.29 is 14.3 Å². The minimum absolute atomic E-state index is 0.0752. The molecule has 0 fully saturated rings. The Labute approximate surface area is 114 Å². The number of alkyl halides is 1. The first kappa shape index (κ1) is 15.7. The van der Waals surface area contributed by atoms with E-state index in [4.69, 9.17) is 5.11 Å². The van der Waals surface area contributed by atoms with Gasteiger partial charge < -0.3 is 5.11 Å². The number of hydrogen-bond acceptors (Lipinski definition) is 1. The van der Waals surface area contributed by atoms with Gasteiger partial charge in [-0.3, -0.25) is 4.79 Å². The van der Waals surface area contributed by atoms with E-state index in [-0.39, 0.29) is 11.8 Å². The molecule has 0 aliphatic heterocycles. The quantitative estimate of drug-likeness (QED) is 0.761. The van der Waals surface area contributed by atoms with Gasteiger partial charge >= 0.3 is 5.97 Å². The minimum Gasteiger partial charge on any atom is -0.481 e. The summed E-state index contributed by atoms with van der Waals surface area (Å²) in [6, 6.07) is 7.61. The summed E-state index contributed by atoms with van der Waals surface area (Å²) in [4.78, 5) is 10.4. The van der Waals surface area contributed by atoms with Gasteiger partial charge in [0.15, 0.2) is 0 Å². The Morgan fingerprint density at radius 2 is 1.79 bits per heavy atom. The van der Waals surface area contributed by atoms with Gasteiger partial charge in [0.2, 0.25) is 0 Å². The number of benzene rings is 1. The smallest absolute Gasteiger partial charge is 0.303 e. The number of hydrogen-bond donors (Lipinski definition) is 1. The fourth-order valence-corrected chi connectivity index (χ4v) is 1.96. The second kappa shape index (κ2) is 6.69. The minimum atomic E-state index is -0.997. The highest BCUT2D eigenvalue weighted by atomic mass is 19.1. The van der Waals surface area contributed by atoms with Crippen LogP contribution in [0.2, 0.25) is 0 Å². The van der Waals surface area contributed by atoms with Crippen LogP contribution in [0.4, 0.5) is 4.39 Å². The summed E-state index contributed by atoms with van der Waals surface area (Å²) in [5.41, 5.74) is 1.95. The Hall–Kier alpha value is -1.38. The van der Waals surface area contributed by atoms with Crippen LogP contribution in [-0.2, 0) is 10.2 Å². The monoisotopic (exact) mass is 266 g/mol. The van der Waals surface area contributed by atoms with Crippen molar-refractivity contribution in [2.75, 3.05) is 0 Å². The molecule has 0 aliphatic carbocycles. The van der Waals surface area contributed by atoms with Crippen LogP contribution in [0.1, 0.15) is 63.8 Å². The number of aliphatic carboxylic acids is 1. The normalized spacial score (nSPS) is 13.3. The summed E-state index contributed by atoms with van der Waals surface area (Å²) < 4.78 is 13.9. The first-order valence-electron chi connectivity index (χ1n) is 6.77.